The highest BCUT2D eigenvalue weighted by Crippen LogP contribution is 2.15. The highest BCUT2D eigenvalue weighted by molar-refractivity contribution is 7.99. The van der Waals surface area contributed by atoms with Gasteiger partial charge in [0.15, 0.2) is 5.16 Å². The molecule has 0 atom stereocenters. The highest BCUT2D eigenvalue weighted by Gasteiger charge is 2.22. The van der Waals surface area contributed by atoms with Gasteiger partial charge >= 0.3 is 0 Å². The largest absolute Gasteiger partial charge is 0.339 e. The Balaban J connectivity index is 1.44. The summed E-state index contributed by atoms with van der Waals surface area (Å²) in [4.78, 5) is 20.9. The smallest absolute Gasteiger partial charge is 0.233 e. The van der Waals surface area contributed by atoms with Gasteiger partial charge in [-0.25, -0.2) is 4.98 Å². The first-order chi connectivity index (χ1) is 11.1. The van der Waals surface area contributed by atoms with Crippen molar-refractivity contribution in [1.29, 1.82) is 0 Å². The average Bonchev–Trinajstić information content (AvgIpc) is 3.14. The van der Waals surface area contributed by atoms with E-state index in [1.165, 1.54) is 11.8 Å². The zero-order valence-electron chi connectivity index (χ0n) is 13.4. The Morgan fingerprint density at radius 3 is 2.61 bits per heavy atom. The monoisotopic (exact) mass is 335 g/mol. The van der Waals surface area contributed by atoms with Crippen molar-refractivity contribution in [3.63, 3.8) is 0 Å². The van der Waals surface area contributed by atoms with Gasteiger partial charge in [-0.3, -0.25) is 9.69 Å². The van der Waals surface area contributed by atoms with E-state index in [0.29, 0.717) is 5.75 Å². The molecule has 0 spiro atoms. The fourth-order valence-electron chi connectivity index (χ4n) is 2.53. The molecular formula is C14H21N7OS. The Morgan fingerprint density at radius 1 is 1.22 bits per heavy atom. The quantitative estimate of drug-likeness (QED) is 0.716. The number of carbonyl (C=O) groups excluding carboxylic acids is 1. The molecule has 2 aromatic rings. The van der Waals surface area contributed by atoms with E-state index in [1.807, 2.05) is 40.5 Å². The molecule has 23 heavy (non-hydrogen) atoms. The Morgan fingerprint density at radius 2 is 2.00 bits per heavy atom. The predicted octanol–water partition coefficient (Wildman–Crippen LogP) is -0.0149. The van der Waals surface area contributed by atoms with Crippen LogP contribution in [0.4, 0.5) is 0 Å². The Kier molecular flexibility index (Phi) is 4.97. The van der Waals surface area contributed by atoms with Crippen LogP contribution in [0.3, 0.4) is 0 Å². The third-order valence-corrected chi connectivity index (χ3v) is 5.02. The van der Waals surface area contributed by atoms with Crippen molar-refractivity contribution in [3.8, 4) is 0 Å². The van der Waals surface area contributed by atoms with E-state index in [-0.39, 0.29) is 5.91 Å². The lowest BCUT2D eigenvalue weighted by molar-refractivity contribution is -0.130. The number of nitrogens with zero attached hydrogens (tertiary/aromatic N) is 7. The van der Waals surface area contributed by atoms with Gasteiger partial charge in [0, 0.05) is 52.7 Å². The third kappa shape index (κ3) is 3.91. The van der Waals surface area contributed by atoms with E-state index in [0.717, 1.165) is 43.7 Å². The normalized spacial score (nSPS) is 16.0. The second-order valence-corrected chi connectivity index (χ2v) is 6.57. The van der Waals surface area contributed by atoms with Crippen molar-refractivity contribution in [1.82, 2.24) is 34.1 Å². The average molecular weight is 335 g/mol. The standard InChI is InChI=1S/C14H21N7OS/c1-18-4-3-15-12(18)9-20-5-7-21(8-6-20)13(22)10-23-14-17-16-11-19(14)2/h3-4,11H,5-10H2,1-2H3. The topological polar surface area (TPSA) is 72.1 Å². The molecule has 2 aromatic heterocycles. The first kappa shape index (κ1) is 16.0. The SMILES string of the molecule is Cn1ccnc1CN1CCN(C(=O)CSc2nncn2C)CC1. The lowest BCUT2D eigenvalue weighted by Crippen LogP contribution is -2.49. The predicted molar refractivity (Wildman–Crippen MR) is 86.8 cm³/mol. The maximum absolute atomic E-state index is 12.3. The number of hydrogen-bond acceptors (Lipinski definition) is 6. The highest BCUT2D eigenvalue weighted by atomic mass is 32.2. The molecule has 3 rings (SSSR count). The summed E-state index contributed by atoms with van der Waals surface area (Å²) in [6, 6.07) is 0. The number of thioether (sulfide) groups is 1. The summed E-state index contributed by atoms with van der Waals surface area (Å²) in [5, 5.41) is 8.57. The van der Waals surface area contributed by atoms with Gasteiger partial charge in [0.05, 0.1) is 12.3 Å². The molecule has 1 aliphatic rings. The van der Waals surface area contributed by atoms with Crippen molar-refractivity contribution in [2.24, 2.45) is 14.1 Å². The van der Waals surface area contributed by atoms with Crippen LogP contribution in [0.1, 0.15) is 5.82 Å². The molecule has 0 N–H and O–H groups in total. The minimum atomic E-state index is 0.162. The van der Waals surface area contributed by atoms with Crippen LogP contribution in [0.25, 0.3) is 0 Å². The van der Waals surface area contributed by atoms with Crippen molar-refractivity contribution >= 4 is 17.7 Å². The second kappa shape index (κ2) is 7.14. The first-order valence-electron chi connectivity index (χ1n) is 7.56. The summed E-state index contributed by atoms with van der Waals surface area (Å²) in [6.07, 6.45) is 5.42. The molecule has 8 nitrogen and oxygen atoms in total. The summed E-state index contributed by atoms with van der Waals surface area (Å²) in [5.74, 6) is 1.63. The van der Waals surface area contributed by atoms with Gasteiger partial charge in [0.1, 0.15) is 12.2 Å². The molecule has 1 aliphatic heterocycles. The van der Waals surface area contributed by atoms with Gasteiger partial charge in [-0.05, 0) is 0 Å². The van der Waals surface area contributed by atoms with E-state index in [9.17, 15) is 4.79 Å². The van der Waals surface area contributed by atoms with Crippen LogP contribution in [-0.4, -0.2) is 72.0 Å². The fraction of sp³-hybridized carbons (Fsp3) is 0.571. The molecule has 0 aliphatic carbocycles. The fourth-order valence-corrected chi connectivity index (χ4v) is 3.32. The third-order valence-electron chi connectivity index (χ3n) is 4.01. The number of piperazine rings is 1. The van der Waals surface area contributed by atoms with Gasteiger partial charge in [-0.2, -0.15) is 0 Å². The van der Waals surface area contributed by atoms with E-state index in [4.69, 9.17) is 0 Å². The van der Waals surface area contributed by atoms with E-state index in [1.54, 1.807) is 6.33 Å². The van der Waals surface area contributed by atoms with Crippen molar-refractivity contribution in [2.45, 2.75) is 11.7 Å². The number of hydrogen-bond donors (Lipinski definition) is 0. The molecule has 3 heterocycles. The van der Waals surface area contributed by atoms with Gasteiger partial charge in [0.25, 0.3) is 0 Å². The number of carbonyl (C=O) groups is 1. The van der Waals surface area contributed by atoms with Crippen molar-refractivity contribution in [2.75, 3.05) is 31.9 Å². The zero-order valence-corrected chi connectivity index (χ0v) is 14.2. The molecule has 1 saturated heterocycles. The molecule has 0 radical (unpaired) electrons. The van der Waals surface area contributed by atoms with E-state index < -0.39 is 0 Å². The van der Waals surface area contributed by atoms with E-state index >= 15 is 0 Å². The number of amides is 1. The minimum absolute atomic E-state index is 0.162. The molecule has 1 amide bonds. The van der Waals surface area contributed by atoms with Crippen molar-refractivity contribution < 1.29 is 4.79 Å². The van der Waals surface area contributed by atoms with Crippen LogP contribution in [0.2, 0.25) is 0 Å². The van der Waals surface area contributed by atoms with E-state index in [2.05, 4.69) is 20.1 Å². The molecule has 0 saturated carbocycles. The van der Waals surface area contributed by atoms with Gasteiger partial charge in [-0.1, -0.05) is 11.8 Å². The van der Waals surface area contributed by atoms with Gasteiger partial charge < -0.3 is 14.0 Å². The number of rotatable bonds is 5. The lowest BCUT2D eigenvalue weighted by Gasteiger charge is -2.34. The molecule has 0 unspecified atom stereocenters. The summed E-state index contributed by atoms with van der Waals surface area (Å²) in [7, 11) is 3.88. The van der Waals surface area contributed by atoms with Crippen LogP contribution >= 0.6 is 11.8 Å². The summed E-state index contributed by atoms with van der Waals surface area (Å²) < 4.78 is 3.86. The first-order valence-corrected chi connectivity index (χ1v) is 8.55. The summed E-state index contributed by atoms with van der Waals surface area (Å²) in [5.41, 5.74) is 0. The Hall–Kier alpha value is -1.87. The minimum Gasteiger partial charge on any atom is -0.339 e. The number of imidazole rings is 1. The Labute approximate surface area is 139 Å². The lowest BCUT2D eigenvalue weighted by atomic mass is 10.3. The van der Waals surface area contributed by atoms with Crippen LogP contribution < -0.4 is 0 Å². The summed E-state index contributed by atoms with van der Waals surface area (Å²) in [6.45, 7) is 4.13. The molecule has 124 valence electrons. The van der Waals surface area contributed by atoms with Gasteiger partial charge in [0.2, 0.25) is 5.91 Å². The maximum atomic E-state index is 12.3. The zero-order chi connectivity index (χ0) is 16.2. The van der Waals surface area contributed by atoms with Crippen LogP contribution in [-0.2, 0) is 25.4 Å². The van der Waals surface area contributed by atoms with Crippen molar-refractivity contribution in [3.05, 3.63) is 24.5 Å². The van der Waals surface area contributed by atoms with Crippen LogP contribution in [0.15, 0.2) is 23.9 Å². The Bertz CT molecular complexity index is 660. The van der Waals surface area contributed by atoms with Gasteiger partial charge in [-0.15, -0.1) is 10.2 Å². The van der Waals surface area contributed by atoms with Crippen LogP contribution in [0, 0.1) is 0 Å². The summed E-state index contributed by atoms with van der Waals surface area (Å²) >= 11 is 1.43. The molecule has 0 aromatic carbocycles. The maximum Gasteiger partial charge on any atom is 0.233 e. The molecule has 1 fully saturated rings. The number of aryl methyl sites for hydroxylation is 2. The molecular weight excluding hydrogens is 314 g/mol. The second-order valence-electron chi connectivity index (χ2n) is 5.62. The molecule has 0 bridgehead atoms. The number of aromatic nitrogens is 5. The van der Waals surface area contributed by atoms with Crippen LogP contribution in [0.5, 0.6) is 0 Å². The molecule has 9 heteroatoms.